The van der Waals surface area contributed by atoms with Crippen molar-refractivity contribution in [2.45, 2.75) is 13.8 Å². The highest BCUT2D eigenvalue weighted by Crippen LogP contribution is 2.05. The molecule has 0 bridgehead atoms. The van der Waals surface area contributed by atoms with Crippen molar-refractivity contribution in [2.24, 2.45) is 0 Å². The van der Waals surface area contributed by atoms with E-state index in [1.165, 1.54) is 0 Å². The van der Waals surface area contributed by atoms with Gasteiger partial charge in [0, 0.05) is 17.5 Å². The molecule has 2 aromatic rings. The van der Waals surface area contributed by atoms with Crippen LogP contribution < -0.4 is 5.43 Å². The molecule has 0 unspecified atom stereocenters. The van der Waals surface area contributed by atoms with Gasteiger partial charge in [0.1, 0.15) is 5.52 Å². The molecule has 0 aromatic carbocycles. The minimum atomic E-state index is 0.0115. The standard InChI is InChI=1S/C10H10N2O/c1-6-5-11-8-4-3-7(2)12-9(8)10(6)13/h3-5H,1-2H3,(H,11,13). The lowest BCUT2D eigenvalue weighted by Gasteiger charge is -1.98. The number of aromatic nitrogens is 2. The first-order valence-electron chi connectivity index (χ1n) is 4.14. The number of H-pyrrole nitrogens is 1. The molecular formula is C10H10N2O. The first kappa shape index (κ1) is 7.98. The molecule has 2 heterocycles. The average Bonchev–Trinajstić information content (AvgIpc) is 2.12. The summed E-state index contributed by atoms with van der Waals surface area (Å²) in [7, 11) is 0. The molecule has 13 heavy (non-hydrogen) atoms. The Balaban J connectivity index is 2.97. The maximum absolute atomic E-state index is 11.6. The molecule has 0 atom stereocenters. The van der Waals surface area contributed by atoms with Gasteiger partial charge in [-0.2, -0.15) is 0 Å². The number of hydrogen-bond acceptors (Lipinski definition) is 2. The van der Waals surface area contributed by atoms with Gasteiger partial charge in [-0.3, -0.25) is 4.79 Å². The Kier molecular flexibility index (Phi) is 1.65. The molecule has 0 radical (unpaired) electrons. The van der Waals surface area contributed by atoms with Gasteiger partial charge >= 0.3 is 0 Å². The second-order valence-corrected chi connectivity index (χ2v) is 3.15. The number of pyridine rings is 2. The third-order valence-corrected chi connectivity index (χ3v) is 2.05. The highest BCUT2D eigenvalue weighted by Gasteiger charge is 2.01. The molecule has 66 valence electrons. The van der Waals surface area contributed by atoms with E-state index in [1.54, 1.807) is 13.1 Å². The van der Waals surface area contributed by atoms with Crippen LogP contribution in [0.2, 0.25) is 0 Å². The van der Waals surface area contributed by atoms with Crippen molar-refractivity contribution in [3.05, 3.63) is 39.8 Å². The fraction of sp³-hybridized carbons (Fsp3) is 0.200. The predicted molar refractivity (Wildman–Crippen MR) is 51.8 cm³/mol. The summed E-state index contributed by atoms with van der Waals surface area (Å²) >= 11 is 0. The van der Waals surface area contributed by atoms with Crippen molar-refractivity contribution in [3.63, 3.8) is 0 Å². The van der Waals surface area contributed by atoms with Crippen molar-refractivity contribution in [1.82, 2.24) is 9.97 Å². The number of nitrogens with zero attached hydrogens (tertiary/aromatic N) is 1. The van der Waals surface area contributed by atoms with Gasteiger partial charge in [-0.05, 0) is 26.0 Å². The Morgan fingerprint density at radius 3 is 2.85 bits per heavy atom. The van der Waals surface area contributed by atoms with Crippen LogP contribution >= 0.6 is 0 Å². The number of aryl methyl sites for hydroxylation is 2. The van der Waals surface area contributed by atoms with E-state index >= 15 is 0 Å². The molecule has 0 spiro atoms. The van der Waals surface area contributed by atoms with Crippen LogP contribution in [0.1, 0.15) is 11.3 Å². The molecule has 0 amide bonds. The van der Waals surface area contributed by atoms with Gasteiger partial charge in [0.2, 0.25) is 5.43 Å². The van der Waals surface area contributed by atoms with Crippen molar-refractivity contribution in [1.29, 1.82) is 0 Å². The second kappa shape index (κ2) is 2.69. The van der Waals surface area contributed by atoms with Crippen molar-refractivity contribution in [2.75, 3.05) is 0 Å². The summed E-state index contributed by atoms with van der Waals surface area (Å²) in [5.41, 5.74) is 2.90. The minimum absolute atomic E-state index is 0.0115. The molecule has 0 aliphatic carbocycles. The van der Waals surface area contributed by atoms with Gasteiger partial charge in [-0.15, -0.1) is 0 Å². The molecular weight excluding hydrogens is 164 g/mol. The van der Waals surface area contributed by atoms with E-state index in [4.69, 9.17) is 0 Å². The van der Waals surface area contributed by atoms with E-state index in [9.17, 15) is 4.79 Å². The number of aromatic amines is 1. The van der Waals surface area contributed by atoms with Gasteiger partial charge in [0.05, 0.1) is 5.52 Å². The zero-order chi connectivity index (χ0) is 9.42. The summed E-state index contributed by atoms with van der Waals surface area (Å²) in [4.78, 5) is 18.8. The van der Waals surface area contributed by atoms with E-state index in [1.807, 2.05) is 19.1 Å². The van der Waals surface area contributed by atoms with Gasteiger partial charge in [0.15, 0.2) is 0 Å². The number of fused-ring (bicyclic) bond motifs is 1. The number of nitrogens with one attached hydrogen (secondary N) is 1. The van der Waals surface area contributed by atoms with E-state index in [2.05, 4.69) is 9.97 Å². The van der Waals surface area contributed by atoms with Gasteiger partial charge in [-0.1, -0.05) is 0 Å². The molecule has 2 aromatic heterocycles. The van der Waals surface area contributed by atoms with E-state index in [-0.39, 0.29) is 5.43 Å². The smallest absolute Gasteiger partial charge is 0.210 e. The SMILES string of the molecule is Cc1ccc2[nH]cc(C)c(=O)c2n1. The summed E-state index contributed by atoms with van der Waals surface area (Å²) in [5.74, 6) is 0. The van der Waals surface area contributed by atoms with Gasteiger partial charge in [-0.25, -0.2) is 4.98 Å². The molecule has 0 saturated heterocycles. The van der Waals surface area contributed by atoms with Crippen LogP contribution in [0.4, 0.5) is 0 Å². The monoisotopic (exact) mass is 174 g/mol. The Labute approximate surface area is 75.4 Å². The van der Waals surface area contributed by atoms with Crippen LogP contribution in [0.15, 0.2) is 23.1 Å². The van der Waals surface area contributed by atoms with E-state index in [0.717, 1.165) is 11.2 Å². The van der Waals surface area contributed by atoms with E-state index < -0.39 is 0 Å². The van der Waals surface area contributed by atoms with Crippen LogP contribution in [0.5, 0.6) is 0 Å². The highest BCUT2D eigenvalue weighted by atomic mass is 16.1. The first-order valence-corrected chi connectivity index (χ1v) is 4.14. The fourth-order valence-corrected chi connectivity index (χ4v) is 1.28. The zero-order valence-electron chi connectivity index (χ0n) is 7.59. The minimum Gasteiger partial charge on any atom is -0.359 e. The number of rotatable bonds is 0. The lowest BCUT2D eigenvalue weighted by atomic mass is 10.2. The maximum Gasteiger partial charge on any atom is 0.210 e. The largest absolute Gasteiger partial charge is 0.359 e. The summed E-state index contributed by atoms with van der Waals surface area (Å²) in [6.45, 7) is 3.66. The normalized spacial score (nSPS) is 10.6. The van der Waals surface area contributed by atoms with Crippen molar-refractivity contribution in [3.8, 4) is 0 Å². The van der Waals surface area contributed by atoms with Crippen LogP contribution in [-0.2, 0) is 0 Å². The quantitative estimate of drug-likeness (QED) is 0.658. The maximum atomic E-state index is 11.6. The Morgan fingerprint density at radius 2 is 2.08 bits per heavy atom. The lowest BCUT2D eigenvalue weighted by molar-refractivity contribution is 1.20. The Bertz CT molecular complexity index is 509. The van der Waals surface area contributed by atoms with Gasteiger partial charge in [0.25, 0.3) is 0 Å². The first-order chi connectivity index (χ1) is 6.18. The molecule has 3 nitrogen and oxygen atoms in total. The summed E-state index contributed by atoms with van der Waals surface area (Å²) < 4.78 is 0. The third-order valence-electron chi connectivity index (χ3n) is 2.05. The van der Waals surface area contributed by atoms with Crippen LogP contribution in [-0.4, -0.2) is 9.97 Å². The predicted octanol–water partition coefficient (Wildman–Crippen LogP) is 1.54. The molecule has 0 fully saturated rings. The topological polar surface area (TPSA) is 45.8 Å². The van der Waals surface area contributed by atoms with Crippen molar-refractivity contribution < 1.29 is 0 Å². The number of hydrogen-bond donors (Lipinski definition) is 1. The second-order valence-electron chi connectivity index (χ2n) is 3.15. The highest BCUT2D eigenvalue weighted by molar-refractivity contribution is 5.74. The van der Waals surface area contributed by atoms with Crippen LogP contribution in [0.25, 0.3) is 11.0 Å². The van der Waals surface area contributed by atoms with Crippen molar-refractivity contribution >= 4 is 11.0 Å². The summed E-state index contributed by atoms with van der Waals surface area (Å²) in [5, 5.41) is 0. The molecule has 0 aliphatic heterocycles. The molecule has 3 heteroatoms. The average molecular weight is 174 g/mol. The zero-order valence-corrected chi connectivity index (χ0v) is 7.59. The van der Waals surface area contributed by atoms with Crippen LogP contribution in [0.3, 0.4) is 0 Å². The molecule has 0 saturated carbocycles. The third kappa shape index (κ3) is 1.22. The van der Waals surface area contributed by atoms with E-state index in [0.29, 0.717) is 11.1 Å². The lowest BCUT2D eigenvalue weighted by Crippen LogP contribution is -2.08. The summed E-state index contributed by atoms with van der Waals surface area (Å²) in [6, 6.07) is 3.76. The molecule has 1 N–H and O–H groups in total. The molecule has 2 rings (SSSR count). The fourth-order valence-electron chi connectivity index (χ4n) is 1.28. The summed E-state index contributed by atoms with van der Waals surface area (Å²) in [6.07, 6.45) is 1.71. The Morgan fingerprint density at radius 1 is 1.31 bits per heavy atom. The molecule has 0 aliphatic rings. The van der Waals surface area contributed by atoms with Gasteiger partial charge < -0.3 is 4.98 Å². The van der Waals surface area contributed by atoms with Crippen LogP contribution in [0, 0.1) is 13.8 Å². The Hall–Kier alpha value is -1.64.